The third kappa shape index (κ3) is 6.04. The third-order valence-electron chi connectivity index (χ3n) is 10.6. The molecule has 0 amide bonds. The lowest BCUT2D eigenvalue weighted by Gasteiger charge is -2.53. The highest BCUT2D eigenvalue weighted by molar-refractivity contribution is 5.93. The lowest BCUT2D eigenvalue weighted by molar-refractivity contribution is -0.149. The van der Waals surface area contributed by atoms with Gasteiger partial charge in [0, 0.05) is 37.0 Å². The van der Waals surface area contributed by atoms with Crippen molar-refractivity contribution in [3.63, 3.8) is 0 Å². The Morgan fingerprint density at radius 2 is 1.84 bits per heavy atom. The van der Waals surface area contributed by atoms with Crippen LogP contribution in [0.3, 0.4) is 0 Å². The summed E-state index contributed by atoms with van der Waals surface area (Å²) >= 11 is 0. The fourth-order valence-corrected chi connectivity index (χ4v) is 8.33. The topological polar surface area (TPSA) is 93.1 Å². The number of ether oxygens (including phenoxy) is 2. The van der Waals surface area contributed by atoms with Gasteiger partial charge < -0.3 is 19.5 Å². The highest BCUT2D eigenvalue weighted by Gasteiger charge is 2.62. The third-order valence-corrected chi connectivity index (χ3v) is 10.6. The zero-order valence-corrected chi connectivity index (χ0v) is 26.0. The number of allylic oxidation sites excluding steroid dienone is 4. The van der Waals surface area contributed by atoms with Gasteiger partial charge in [0.25, 0.3) is 0 Å². The standard InChI is InChI=1S/C36H45NO6/c1-5-18-36(41)19-17-31-29-13-9-25-22-27(38)12-14-28(25)34(29)30(23-35(31,36)2)24-7-10-26(11-8-24)37(3)20-6-21-43-33(40)16-15-32(39)42-4/h7-8,10-11,22,29-31,41H,6,9,12-17,19-21,23H2,1-4H3/t29-,30+,31-,35-,36-/m0/s1. The van der Waals surface area contributed by atoms with Crippen molar-refractivity contribution in [1.82, 2.24) is 0 Å². The Balaban J connectivity index is 1.33. The summed E-state index contributed by atoms with van der Waals surface area (Å²) in [5, 5.41) is 11.9. The van der Waals surface area contributed by atoms with Crippen LogP contribution in [0.4, 0.5) is 5.69 Å². The molecule has 5 atom stereocenters. The second kappa shape index (κ2) is 12.7. The van der Waals surface area contributed by atoms with Crippen molar-refractivity contribution in [2.75, 3.05) is 32.2 Å². The molecule has 0 bridgehead atoms. The number of esters is 2. The van der Waals surface area contributed by atoms with Crippen molar-refractivity contribution in [2.24, 2.45) is 17.3 Å². The smallest absolute Gasteiger partial charge is 0.306 e. The summed E-state index contributed by atoms with van der Waals surface area (Å²) in [5.41, 5.74) is 5.20. The SMILES string of the molecule is CC#C[C@]1(O)CC[C@H]2[C@@H]3CCC4=CC(=O)CCC4=C3[C@@H](c3ccc(N(C)CCCOC(=O)CCC(=O)OC)cc3)C[C@@]21C. The monoisotopic (exact) mass is 587 g/mol. The van der Waals surface area contributed by atoms with E-state index < -0.39 is 17.5 Å². The van der Waals surface area contributed by atoms with E-state index in [9.17, 15) is 19.5 Å². The lowest BCUT2D eigenvalue weighted by atomic mass is 9.51. The van der Waals surface area contributed by atoms with Gasteiger partial charge in [0.1, 0.15) is 5.60 Å². The predicted octanol–water partition coefficient (Wildman–Crippen LogP) is 5.66. The number of methoxy groups -OCH3 is 1. The first-order chi connectivity index (χ1) is 20.6. The van der Waals surface area contributed by atoms with E-state index >= 15 is 0 Å². The van der Waals surface area contributed by atoms with Gasteiger partial charge in [0.15, 0.2) is 5.78 Å². The van der Waals surface area contributed by atoms with Gasteiger partial charge >= 0.3 is 11.9 Å². The van der Waals surface area contributed by atoms with Crippen molar-refractivity contribution < 1.29 is 29.0 Å². The van der Waals surface area contributed by atoms with Gasteiger partial charge in [-0.1, -0.05) is 30.6 Å². The van der Waals surface area contributed by atoms with Gasteiger partial charge in [0.2, 0.25) is 0 Å². The van der Waals surface area contributed by atoms with Crippen LogP contribution in [0.25, 0.3) is 0 Å². The number of benzene rings is 1. The molecule has 5 rings (SSSR count). The Labute approximate surface area is 255 Å². The van der Waals surface area contributed by atoms with Crippen LogP contribution in [0, 0.1) is 29.1 Å². The van der Waals surface area contributed by atoms with Gasteiger partial charge in [0.05, 0.1) is 26.6 Å². The molecule has 0 radical (unpaired) electrons. The highest BCUT2D eigenvalue weighted by atomic mass is 16.5. The largest absolute Gasteiger partial charge is 0.469 e. The van der Waals surface area contributed by atoms with E-state index in [0.29, 0.717) is 37.7 Å². The summed E-state index contributed by atoms with van der Waals surface area (Å²) in [4.78, 5) is 37.5. The van der Waals surface area contributed by atoms with Gasteiger partial charge in [-0.05, 0) is 98.6 Å². The van der Waals surface area contributed by atoms with Crippen LogP contribution in [-0.4, -0.2) is 55.7 Å². The molecular weight excluding hydrogens is 542 g/mol. The second-order valence-electron chi connectivity index (χ2n) is 12.9. The number of carbonyl (C=O) groups is 3. The van der Waals surface area contributed by atoms with Crippen LogP contribution in [0.2, 0.25) is 0 Å². The molecule has 4 aliphatic carbocycles. The first-order valence-electron chi connectivity index (χ1n) is 15.8. The Hall–Kier alpha value is -3.37. The maximum atomic E-state index is 12.3. The molecule has 0 saturated heterocycles. The van der Waals surface area contributed by atoms with E-state index in [1.807, 2.05) is 20.0 Å². The molecule has 1 N–H and O–H groups in total. The molecule has 0 aromatic heterocycles. The highest BCUT2D eigenvalue weighted by Crippen LogP contribution is 2.66. The number of carbonyl (C=O) groups excluding carboxylic acids is 3. The molecule has 1 aromatic rings. The van der Waals surface area contributed by atoms with Crippen LogP contribution in [0.15, 0.2) is 47.1 Å². The second-order valence-corrected chi connectivity index (χ2v) is 12.9. The van der Waals surface area contributed by atoms with Crippen molar-refractivity contribution in [2.45, 2.75) is 89.6 Å². The quantitative estimate of drug-likeness (QED) is 0.226. The Kier molecular flexibility index (Phi) is 9.18. The van der Waals surface area contributed by atoms with E-state index in [2.05, 4.69) is 52.7 Å². The minimum Gasteiger partial charge on any atom is -0.469 e. The van der Waals surface area contributed by atoms with Crippen LogP contribution >= 0.6 is 0 Å². The Morgan fingerprint density at radius 3 is 2.56 bits per heavy atom. The van der Waals surface area contributed by atoms with Crippen LogP contribution in [0.1, 0.15) is 89.5 Å². The van der Waals surface area contributed by atoms with E-state index in [-0.39, 0.29) is 30.0 Å². The summed E-state index contributed by atoms with van der Waals surface area (Å²) in [7, 11) is 3.33. The number of aliphatic hydroxyl groups is 1. The summed E-state index contributed by atoms with van der Waals surface area (Å²) in [5.74, 6) is 6.66. The summed E-state index contributed by atoms with van der Waals surface area (Å²) in [6.07, 6.45) is 8.54. The van der Waals surface area contributed by atoms with Gasteiger partial charge in [-0.25, -0.2) is 0 Å². The van der Waals surface area contributed by atoms with Crippen LogP contribution in [-0.2, 0) is 23.9 Å². The molecule has 4 aliphatic rings. The number of ketones is 1. The van der Waals surface area contributed by atoms with Crippen molar-refractivity contribution in [3.05, 3.63) is 52.6 Å². The van der Waals surface area contributed by atoms with E-state index in [4.69, 9.17) is 4.74 Å². The first-order valence-corrected chi connectivity index (χ1v) is 15.8. The van der Waals surface area contributed by atoms with E-state index in [1.54, 1.807) is 0 Å². The van der Waals surface area contributed by atoms with E-state index in [1.165, 1.54) is 29.4 Å². The zero-order valence-electron chi connectivity index (χ0n) is 26.0. The molecule has 7 heteroatoms. The average Bonchev–Trinajstić information content (AvgIpc) is 3.27. The molecule has 0 spiro atoms. The molecule has 43 heavy (non-hydrogen) atoms. The number of rotatable bonds is 9. The minimum absolute atomic E-state index is 0.0277. The van der Waals surface area contributed by atoms with Crippen molar-refractivity contribution >= 4 is 23.4 Å². The number of anilines is 1. The number of hydrogen-bond donors (Lipinski definition) is 1. The number of hydrogen-bond acceptors (Lipinski definition) is 7. The number of fused-ring (bicyclic) bond motifs is 4. The summed E-state index contributed by atoms with van der Waals surface area (Å²) in [6.45, 7) is 5.10. The van der Waals surface area contributed by atoms with Gasteiger partial charge in [-0.15, -0.1) is 5.92 Å². The predicted molar refractivity (Wildman–Crippen MR) is 165 cm³/mol. The van der Waals surface area contributed by atoms with Gasteiger partial charge in [-0.2, -0.15) is 0 Å². The van der Waals surface area contributed by atoms with Crippen LogP contribution < -0.4 is 4.90 Å². The molecule has 230 valence electrons. The molecule has 7 nitrogen and oxygen atoms in total. The molecule has 2 saturated carbocycles. The van der Waals surface area contributed by atoms with Crippen molar-refractivity contribution in [1.29, 1.82) is 0 Å². The summed E-state index contributed by atoms with van der Waals surface area (Å²) in [6, 6.07) is 8.76. The fraction of sp³-hybridized carbons (Fsp3) is 0.583. The number of nitrogens with zero attached hydrogens (tertiary/aromatic N) is 1. The van der Waals surface area contributed by atoms with Crippen LogP contribution in [0.5, 0.6) is 0 Å². The molecule has 2 fully saturated rings. The minimum atomic E-state index is -0.984. The molecule has 0 unspecified atom stereocenters. The van der Waals surface area contributed by atoms with E-state index in [0.717, 1.165) is 44.3 Å². The zero-order chi connectivity index (χ0) is 30.8. The average molecular weight is 588 g/mol. The normalized spacial score (nSPS) is 29.4. The fourth-order valence-electron chi connectivity index (χ4n) is 8.33. The Bertz CT molecular complexity index is 1380. The van der Waals surface area contributed by atoms with Crippen molar-refractivity contribution in [3.8, 4) is 11.8 Å². The molecule has 0 aliphatic heterocycles. The van der Waals surface area contributed by atoms with Gasteiger partial charge in [-0.3, -0.25) is 14.4 Å². The summed E-state index contributed by atoms with van der Waals surface area (Å²) < 4.78 is 9.83. The first kappa shape index (κ1) is 31.1. The molecular formula is C36H45NO6. The maximum Gasteiger partial charge on any atom is 0.306 e. The lowest BCUT2D eigenvalue weighted by Crippen LogP contribution is -2.51. The Morgan fingerprint density at radius 1 is 1.09 bits per heavy atom. The molecule has 1 aromatic carbocycles. The maximum absolute atomic E-state index is 12.3. The molecule has 0 heterocycles.